The number of alkyl halides is 3. The molecule has 0 saturated heterocycles. The fraction of sp³-hybridized carbons (Fsp3) is 0.591. The Morgan fingerprint density at radius 2 is 1.52 bits per heavy atom. The van der Waals surface area contributed by atoms with Gasteiger partial charge in [-0.25, -0.2) is 4.79 Å². The highest BCUT2D eigenvalue weighted by molar-refractivity contribution is 7.20. The lowest BCUT2D eigenvalue weighted by molar-refractivity contribution is -0.137. The van der Waals surface area contributed by atoms with E-state index >= 15 is 0 Å². The zero-order valence-electron chi connectivity index (χ0n) is 17.1. The van der Waals surface area contributed by atoms with Crippen LogP contribution in [0.3, 0.4) is 0 Å². The summed E-state index contributed by atoms with van der Waals surface area (Å²) in [5.74, 6) is -1.13. The quantitative estimate of drug-likeness (QED) is 0.362. The Morgan fingerprint density at radius 3 is 2.00 bits per heavy atom. The summed E-state index contributed by atoms with van der Waals surface area (Å²) in [6, 6.07) is 4.44. The van der Waals surface area contributed by atoms with Crippen molar-refractivity contribution in [3.63, 3.8) is 0 Å². The SMILES string of the molecule is CCCCCCCCCCCCN.O=C(O)c1cc2cc(C(F)(F)F)ccc2s1. The number of carboxylic acid groups (broad SMARTS) is 1. The highest BCUT2D eigenvalue weighted by atomic mass is 32.1. The predicted molar refractivity (Wildman–Crippen MR) is 115 cm³/mol. The average molecular weight is 432 g/mol. The minimum absolute atomic E-state index is 0.0364. The van der Waals surface area contributed by atoms with Crippen molar-refractivity contribution in [2.24, 2.45) is 5.73 Å². The highest BCUT2D eigenvalue weighted by Crippen LogP contribution is 2.34. The third-order valence-electron chi connectivity index (χ3n) is 4.61. The Bertz CT molecular complexity index is 718. The van der Waals surface area contributed by atoms with Gasteiger partial charge in [0.1, 0.15) is 4.88 Å². The third-order valence-corrected chi connectivity index (χ3v) is 5.72. The van der Waals surface area contributed by atoms with Gasteiger partial charge in [-0.1, -0.05) is 64.7 Å². The van der Waals surface area contributed by atoms with E-state index in [1.165, 1.54) is 76.3 Å². The molecule has 2 aromatic rings. The average Bonchev–Trinajstić information content (AvgIpc) is 3.10. The predicted octanol–water partition coefficient (Wildman–Crippen LogP) is 7.48. The van der Waals surface area contributed by atoms with E-state index in [4.69, 9.17) is 10.8 Å². The van der Waals surface area contributed by atoms with Gasteiger partial charge in [0.2, 0.25) is 0 Å². The van der Waals surface area contributed by atoms with E-state index < -0.39 is 17.7 Å². The molecule has 0 aliphatic heterocycles. The standard InChI is InChI=1S/C12H27N.C10H5F3O2S/c1-2-3-4-5-6-7-8-9-10-11-12-13;11-10(12,13)6-1-2-7-5(3-6)4-8(16-7)9(14)15/h2-13H2,1H3;1-4H,(H,14,15). The van der Waals surface area contributed by atoms with Gasteiger partial charge in [-0.15, -0.1) is 11.3 Å². The maximum Gasteiger partial charge on any atom is 0.416 e. The molecule has 1 aromatic carbocycles. The van der Waals surface area contributed by atoms with Gasteiger partial charge >= 0.3 is 12.1 Å². The van der Waals surface area contributed by atoms with Crippen molar-refractivity contribution in [1.29, 1.82) is 0 Å². The van der Waals surface area contributed by atoms with E-state index in [2.05, 4.69) is 6.92 Å². The van der Waals surface area contributed by atoms with Crippen LogP contribution in [0.4, 0.5) is 13.2 Å². The van der Waals surface area contributed by atoms with Gasteiger partial charge in [-0.2, -0.15) is 13.2 Å². The molecule has 0 saturated carbocycles. The van der Waals surface area contributed by atoms with Crippen LogP contribution in [-0.4, -0.2) is 17.6 Å². The fourth-order valence-corrected chi connectivity index (χ4v) is 3.84. The van der Waals surface area contributed by atoms with Crippen LogP contribution in [0.5, 0.6) is 0 Å². The number of hydrogen-bond donors (Lipinski definition) is 2. The Hall–Kier alpha value is -1.60. The first-order valence-electron chi connectivity index (χ1n) is 10.3. The number of rotatable bonds is 11. The largest absolute Gasteiger partial charge is 0.477 e. The number of carboxylic acids is 1. The first-order chi connectivity index (χ1) is 13.8. The molecule has 0 bridgehead atoms. The van der Waals surface area contributed by atoms with Crippen molar-refractivity contribution >= 4 is 27.4 Å². The van der Waals surface area contributed by atoms with E-state index in [-0.39, 0.29) is 4.88 Å². The van der Waals surface area contributed by atoms with Gasteiger partial charge in [-0.05, 0) is 42.6 Å². The highest BCUT2D eigenvalue weighted by Gasteiger charge is 2.30. The van der Waals surface area contributed by atoms with Gasteiger partial charge in [0, 0.05) is 4.70 Å². The lowest BCUT2D eigenvalue weighted by Gasteiger charge is -2.05. The molecule has 3 N–H and O–H groups in total. The molecule has 0 radical (unpaired) electrons. The van der Waals surface area contributed by atoms with Crippen LogP contribution in [0.2, 0.25) is 0 Å². The Morgan fingerprint density at radius 1 is 0.966 bits per heavy atom. The van der Waals surface area contributed by atoms with Crippen LogP contribution in [-0.2, 0) is 6.18 Å². The second-order valence-corrected chi connectivity index (χ2v) is 8.22. The first kappa shape index (κ1) is 25.4. The smallest absolute Gasteiger partial charge is 0.416 e. The summed E-state index contributed by atoms with van der Waals surface area (Å²) in [5, 5.41) is 9.01. The van der Waals surface area contributed by atoms with Crippen molar-refractivity contribution in [2.45, 2.75) is 77.3 Å². The van der Waals surface area contributed by atoms with E-state index in [0.717, 1.165) is 30.0 Å². The van der Waals surface area contributed by atoms with Crippen molar-refractivity contribution in [1.82, 2.24) is 0 Å². The lowest BCUT2D eigenvalue weighted by Crippen LogP contribution is -2.03. The molecule has 0 aliphatic carbocycles. The van der Waals surface area contributed by atoms with Gasteiger partial charge in [-0.3, -0.25) is 0 Å². The number of carbonyl (C=O) groups is 1. The maximum atomic E-state index is 12.4. The minimum atomic E-state index is -4.40. The van der Waals surface area contributed by atoms with Crippen molar-refractivity contribution < 1.29 is 23.1 Å². The molecule has 3 nitrogen and oxygen atoms in total. The first-order valence-corrected chi connectivity index (χ1v) is 11.2. The maximum absolute atomic E-state index is 12.4. The zero-order chi connectivity index (χ0) is 21.7. The zero-order valence-corrected chi connectivity index (χ0v) is 17.9. The molecule has 2 rings (SSSR count). The summed E-state index contributed by atoms with van der Waals surface area (Å²) in [5.41, 5.74) is 4.66. The van der Waals surface area contributed by atoms with E-state index in [9.17, 15) is 18.0 Å². The molecule has 0 fully saturated rings. The molecule has 7 heteroatoms. The van der Waals surface area contributed by atoms with Crippen LogP contribution >= 0.6 is 11.3 Å². The number of nitrogens with two attached hydrogens (primary N) is 1. The minimum Gasteiger partial charge on any atom is -0.477 e. The molecule has 0 amide bonds. The molecule has 1 aromatic heterocycles. The van der Waals surface area contributed by atoms with Crippen molar-refractivity contribution in [2.75, 3.05) is 6.54 Å². The van der Waals surface area contributed by atoms with E-state index in [1.807, 2.05) is 0 Å². The van der Waals surface area contributed by atoms with Crippen molar-refractivity contribution in [3.05, 3.63) is 34.7 Å². The van der Waals surface area contributed by atoms with E-state index in [0.29, 0.717) is 10.1 Å². The summed E-state index contributed by atoms with van der Waals surface area (Å²) in [4.78, 5) is 10.7. The van der Waals surface area contributed by atoms with Crippen molar-refractivity contribution in [3.8, 4) is 0 Å². The second kappa shape index (κ2) is 13.6. The molecule has 0 spiro atoms. The van der Waals surface area contributed by atoms with Crippen LogP contribution in [0, 0.1) is 0 Å². The third kappa shape index (κ3) is 10.1. The van der Waals surface area contributed by atoms with Crippen LogP contribution in [0.15, 0.2) is 24.3 Å². The van der Waals surface area contributed by atoms with Crippen LogP contribution < -0.4 is 5.73 Å². The Labute approximate surface area is 175 Å². The number of halogens is 3. The van der Waals surface area contributed by atoms with Gasteiger partial charge < -0.3 is 10.8 Å². The summed E-state index contributed by atoms with van der Waals surface area (Å²) in [6.07, 6.45) is 9.53. The monoisotopic (exact) mass is 431 g/mol. The number of hydrogen-bond acceptors (Lipinski definition) is 3. The number of unbranched alkanes of at least 4 members (excludes halogenated alkanes) is 9. The summed E-state index contributed by atoms with van der Waals surface area (Å²) in [6.45, 7) is 3.14. The fourth-order valence-electron chi connectivity index (χ4n) is 2.96. The molecule has 1 heterocycles. The number of aromatic carboxylic acids is 1. The Balaban J connectivity index is 0.000000298. The number of benzene rings is 1. The molecule has 29 heavy (non-hydrogen) atoms. The van der Waals surface area contributed by atoms with Crippen LogP contribution in [0.1, 0.15) is 86.4 Å². The normalized spacial score (nSPS) is 11.3. The van der Waals surface area contributed by atoms with Gasteiger partial charge in [0.15, 0.2) is 0 Å². The second-order valence-electron chi connectivity index (χ2n) is 7.14. The molecular formula is C22H32F3NO2S. The summed E-state index contributed by atoms with van der Waals surface area (Å²) in [7, 11) is 0. The topological polar surface area (TPSA) is 63.3 Å². The van der Waals surface area contributed by atoms with E-state index in [1.54, 1.807) is 0 Å². The Kier molecular flexibility index (Phi) is 11.9. The summed E-state index contributed by atoms with van der Waals surface area (Å²) < 4.78 is 37.6. The van der Waals surface area contributed by atoms with Crippen LogP contribution in [0.25, 0.3) is 10.1 Å². The number of fused-ring (bicyclic) bond motifs is 1. The molecule has 0 aliphatic rings. The molecule has 0 unspecified atom stereocenters. The number of thiophene rings is 1. The molecule has 0 atom stereocenters. The van der Waals surface area contributed by atoms with Gasteiger partial charge in [0.25, 0.3) is 0 Å². The lowest BCUT2D eigenvalue weighted by atomic mass is 10.1. The molecular weight excluding hydrogens is 399 g/mol. The summed E-state index contributed by atoms with van der Waals surface area (Å²) >= 11 is 0.958. The molecule has 164 valence electrons. The van der Waals surface area contributed by atoms with Gasteiger partial charge in [0.05, 0.1) is 5.56 Å².